The Labute approximate surface area is 204 Å². The molecule has 0 bridgehead atoms. The lowest BCUT2D eigenvalue weighted by Gasteiger charge is -2.23. The molecule has 2 aromatic carbocycles. The van der Waals surface area contributed by atoms with Gasteiger partial charge >= 0.3 is 5.69 Å². The predicted molar refractivity (Wildman–Crippen MR) is 134 cm³/mol. The van der Waals surface area contributed by atoms with Crippen LogP contribution in [0.25, 0.3) is 11.5 Å². The van der Waals surface area contributed by atoms with E-state index < -0.39 is 11.2 Å². The van der Waals surface area contributed by atoms with Gasteiger partial charge in [0.2, 0.25) is 11.8 Å². The van der Waals surface area contributed by atoms with Crippen LogP contribution >= 0.6 is 11.8 Å². The van der Waals surface area contributed by atoms with Gasteiger partial charge in [-0.2, -0.15) is 0 Å². The Bertz CT molecular complexity index is 1420. The fourth-order valence-electron chi connectivity index (χ4n) is 3.51. The summed E-state index contributed by atoms with van der Waals surface area (Å²) in [5.41, 5.74) is 6.47. The summed E-state index contributed by atoms with van der Waals surface area (Å²) in [5.74, 6) is -0.163. The number of carbonyl (C=O) groups is 1. The second-order valence-corrected chi connectivity index (χ2v) is 8.56. The number of H-pyrrole nitrogens is 1. The Morgan fingerprint density at radius 3 is 2.46 bits per heavy atom. The molecule has 0 aliphatic heterocycles. The van der Waals surface area contributed by atoms with Crippen molar-refractivity contribution in [3.8, 4) is 11.5 Å². The normalized spacial score (nSPS) is 10.9. The molecule has 180 valence electrons. The maximum absolute atomic E-state index is 13.2. The van der Waals surface area contributed by atoms with Gasteiger partial charge in [-0.25, -0.2) is 4.79 Å². The van der Waals surface area contributed by atoms with Crippen molar-refractivity contribution >= 4 is 29.2 Å². The minimum atomic E-state index is -0.715. The van der Waals surface area contributed by atoms with Gasteiger partial charge in [0.1, 0.15) is 5.82 Å². The number of benzene rings is 2. The average molecular weight is 493 g/mol. The number of nitrogen functional groups attached to an aromatic ring is 1. The molecular formula is C24H24N6O4S. The minimum Gasteiger partial charge on any atom is -0.411 e. The van der Waals surface area contributed by atoms with Crippen molar-refractivity contribution in [1.29, 1.82) is 0 Å². The lowest BCUT2D eigenvalue weighted by atomic mass is 10.2. The molecule has 4 aromatic rings. The smallest absolute Gasteiger partial charge is 0.330 e. The molecule has 2 heterocycles. The van der Waals surface area contributed by atoms with Crippen LogP contribution in [0.3, 0.4) is 0 Å². The average Bonchev–Trinajstić information content (AvgIpc) is 3.35. The molecule has 1 amide bonds. The van der Waals surface area contributed by atoms with Crippen molar-refractivity contribution in [2.24, 2.45) is 0 Å². The largest absolute Gasteiger partial charge is 0.411 e. The van der Waals surface area contributed by atoms with Crippen LogP contribution in [0.5, 0.6) is 0 Å². The van der Waals surface area contributed by atoms with Gasteiger partial charge in [0.15, 0.2) is 5.69 Å². The molecule has 0 saturated heterocycles. The second-order valence-electron chi connectivity index (χ2n) is 7.64. The number of carbonyl (C=O) groups excluding carboxylic acids is 1. The van der Waals surface area contributed by atoms with Crippen LogP contribution in [0, 0.1) is 0 Å². The number of hydrogen-bond donors (Lipinski definition) is 2. The molecule has 0 aliphatic rings. The summed E-state index contributed by atoms with van der Waals surface area (Å²) in [7, 11) is 0. The van der Waals surface area contributed by atoms with E-state index in [0.29, 0.717) is 12.3 Å². The first-order valence-corrected chi connectivity index (χ1v) is 11.9. The third-order valence-electron chi connectivity index (χ3n) is 5.16. The summed E-state index contributed by atoms with van der Waals surface area (Å²) >= 11 is 1.06. The van der Waals surface area contributed by atoms with Crippen LogP contribution in [0.15, 0.2) is 79.9 Å². The molecule has 35 heavy (non-hydrogen) atoms. The molecule has 10 nitrogen and oxygen atoms in total. The second kappa shape index (κ2) is 10.9. The van der Waals surface area contributed by atoms with Crippen molar-refractivity contribution in [2.45, 2.75) is 25.1 Å². The lowest BCUT2D eigenvalue weighted by molar-refractivity contribution is -0.116. The maximum Gasteiger partial charge on any atom is 0.330 e. The molecule has 0 spiro atoms. The third-order valence-corrected chi connectivity index (χ3v) is 5.97. The quantitative estimate of drug-likeness (QED) is 0.340. The van der Waals surface area contributed by atoms with E-state index in [2.05, 4.69) is 15.2 Å². The zero-order chi connectivity index (χ0) is 24.8. The van der Waals surface area contributed by atoms with Gasteiger partial charge in [0, 0.05) is 12.1 Å². The Morgan fingerprint density at radius 1 is 1.09 bits per heavy atom. The number of nitrogens with zero attached hydrogens (tertiary/aromatic N) is 4. The first-order chi connectivity index (χ1) is 17.0. The van der Waals surface area contributed by atoms with Gasteiger partial charge < -0.3 is 15.1 Å². The van der Waals surface area contributed by atoms with Crippen LogP contribution in [0.2, 0.25) is 0 Å². The highest BCUT2D eigenvalue weighted by atomic mass is 32.2. The van der Waals surface area contributed by atoms with E-state index in [-0.39, 0.29) is 41.5 Å². The van der Waals surface area contributed by atoms with E-state index in [9.17, 15) is 14.4 Å². The van der Waals surface area contributed by atoms with E-state index in [1.54, 1.807) is 0 Å². The summed E-state index contributed by atoms with van der Waals surface area (Å²) < 4.78 is 6.90. The van der Waals surface area contributed by atoms with E-state index in [1.807, 2.05) is 67.6 Å². The molecule has 11 heteroatoms. The summed E-state index contributed by atoms with van der Waals surface area (Å²) in [6, 6.07) is 18.5. The number of nitrogens with two attached hydrogens (primary N) is 1. The molecular weight excluding hydrogens is 468 g/mol. The van der Waals surface area contributed by atoms with Crippen molar-refractivity contribution in [3.05, 3.63) is 87.1 Å². The van der Waals surface area contributed by atoms with Crippen molar-refractivity contribution in [3.63, 3.8) is 0 Å². The number of nitrogens with one attached hydrogen (secondary N) is 1. The summed E-state index contributed by atoms with van der Waals surface area (Å²) in [6.07, 6.45) is 0.575. The number of aromatic amines is 1. The van der Waals surface area contributed by atoms with E-state index in [1.165, 1.54) is 9.47 Å². The van der Waals surface area contributed by atoms with E-state index in [4.69, 9.17) is 10.2 Å². The number of rotatable bonds is 9. The van der Waals surface area contributed by atoms with Crippen molar-refractivity contribution in [1.82, 2.24) is 19.7 Å². The molecule has 2 aromatic heterocycles. The Morgan fingerprint density at radius 2 is 1.77 bits per heavy atom. The van der Waals surface area contributed by atoms with Gasteiger partial charge in [-0.15, -0.1) is 10.2 Å². The summed E-state index contributed by atoms with van der Waals surface area (Å²) in [5, 5.41) is 8.23. The molecule has 0 radical (unpaired) electrons. The molecule has 3 N–H and O–H groups in total. The first kappa shape index (κ1) is 24.0. The van der Waals surface area contributed by atoms with Crippen LogP contribution in [0.1, 0.15) is 18.9 Å². The van der Waals surface area contributed by atoms with Gasteiger partial charge in [0.05, 0.1) is 12.3 Å². The number of thioether (sulfide) groups is 1. The zero-order valence-corrected chi connectivity index (χ0v) is 19.8. The van der Waals surface area contributed by atoms with Gasteiger partial charge in [0.25, 0.3) is 10.8 Å². The first-order valence-electron chi connectivity index (χ1n) is 11.0. The number of hydrogen-bond acceptors (Lipinski definition) is 8. The van der Waals surface area contributed by atoms with Gasteiger partial charge in [-0.05, 0) is 24.1 Å². The predicted octanol–water partition coefficient (Wildman–Crippen LogP) is 2.75. The topological polar surface area (TPSA) is 140 Å². The van der Waals surface area contributed by atoms with E-state index >= 15 is 0 Å². The minimum absolute atomic E-state index is 0.0523. The Kier molecular flexibility index (Phi) is 7.46. The maximum atomic E-state index is 13.2. The third kappa shape index (κ3) is 5.52. The van der Waals surface area contributed by atoms with Crippen LogP contribution in [0.4, 0.5) is 11.5 Å². The molecule has 0 aliphatic carbocycles. The Hall–Kier alpha value is -4.12. The summed E-state index contributed by atoms with van der Waals surface area (Å²) in [6.45, 7) is 2.28. The standard InChI is InChI=1S/C24H24N6O4S/c1-2-13-29(18(31)15-35-24-28-27-22(34-24)17-11-7-4-8-12-17)19-20(25)30(23(33)26-21(19)32)14-16-9-5-3-6-10-16/h3-12H,2,13-15,25H2,1H3,(H,26,32,33). The van der Waals surface area contributed by atoms with Crippen LogP contribution in [-0.2, 0) is 11.3 Å². The zero-order valence-electron chi connectivity index (χ0n) is 19.0. The highest BCUT2D eigenvalue weighted by Crippen LogP contribution is 2.25. The van der Waals surface area contributed by atoms with Crippen LogP contribution in [-0.4, -0.2) is 38.0 Å². The molecule has 4 rings (SSSR count). The highest BCUT2D eigenvalue weighted by Gasteiger charge is 2.24. The van der Waals surface area contributed by atoms with Gasteiger partial charge in [-0.1, -0.05) is 67.2 Å². The highest BCUT2D eigenvalue weighted by molar-refractivity contribution is 7.99. The fourth-order valence-corrected chi connectivity index (χ4v) is 4.15. The SMILES string of the molecule is CCCN(C(=O)CSc1nnc(-c2ccccc2)o1)c1c(N)n(Cc2ccccc2)c(=O)[nH]c1=O. The van der Waals surface area contributed by atoms with Crippen LogP contribution < -0.4 is 21.9 Å². The lowest BCUT2D eigenvalue weighted by Crippen LogP contribution is -2.42. The fraction of sp³-hybridized carbons (Fsp3) is 0.208. The molecule has 0 atom stereocenters. The number of aromatic nitrogens is 4. The number of amides is 1. The molecule has 0 unspecified atom stereocenters. The monoisotopic (exact) mass is 492 g/mol. The molecule has 0 fully saturated rings. The van der Waals surface area contributed by atoms with E-state index in [0.717, 1.165) is 22.9 Å². The van der Waals surface area contributed by atoms with Crippen molar-refractivity contribution in [2.75, 3.05) is 22.9 Å². The number of anilines is 2. The van der Waals surface area contributed by atoms with Gasteiger partial charge in [-0.3, -0.25) is 19.1 Å². The Balaban J connectivity index is 1.56. The van der Waals surface area contributed by atoms with Crippen molar-refractivity contribution < 1.29 is 9.21 Å². The summed E-state index contributed by atoms with van der Waals surface area (Å²) in [4.78, 5) is 42.0. The molecule has 0 saturated carbocycles.